The van der Waals surface area contributed by atoms with E-state index < -0.39 is 0 Å². The molecule has 1 atom stereocenters. The van der Waals surface area contributed by atoms with Crippen molar-refractivity contribution in [3.8, 4) is 11.3 Å². The molecule has 1 aromatic heterocycles. The van der Waals surface area contributed by atoms with Crippen molar-refractivity contribution >= 4 is 0 Å². The molecule has 3 heteroatoms. The molecular formula is C23H21N3. The van der Waals surface area contributed by atoms with Gasteiger partial charge in [0, 0.05) is 18.3 Å². The van der Waals surface area contributed by atoms with Gasteiger partial charge < -0.3 is 10.3 Å². The van der Waals surface area contributed by atoms with Gasteiger partial charge in [-0.25, -0.2) is 4.98 Å². The first kappa shape index (κ1) is 16.3. The summed E-state index contributed by atoms with van der Waals surface area (Å²) in [5.74, 6) is 0.874. The highest BCUT2D eigenvalue weighted by Gasteiger charge is 2.18. The monoisotopic (exact) mass is 339 g/mol. The molecule has 4 rings (SSSR count). The zero-order chi connectivity index (χ0) is 17.8. The van der Waals surface area contributed by atoms with Crippen molar-refractivity contribution in [3.63, 3.8) is 0 Å². The Hall–Kier alpha value is -3.17. The summed E-state index contributed by atoms with van der Waals surface area (Å²) in [5.41, 5.74) is 10.9. The van der Waals surface area contributed by atoms with Crippen molar-refractivity contribution < 1.29 is 0 Å². The smallest absolute Gasteiger partial charge is 0.131 e. The van der Waals surface area contributed by atoms with Gasteiger partial charge in [0.15, 0.2) is 0 Å². The van der Waals surface area contributed by atoms with Crippen LogP contribution in [0.3, 0.4) is 0 Å². The standard InChI is InChI=1S/C23H21N3/c24-22(20-14-8-3-9-15-20)23-25-21(19-12-6-2-7-13-19)17-26(23)16-18-10-4-1-5-11-18/h1-15,17,22H,16,24H2. The van der Waals surface area contributed by atoms with Crippen LogP contribution in [0.1, 0.15) is 23.0 Å². The second kappa shape index (κ2) is 7.38. The zero-order valence-corrected chi connectivity index (χ0v) is 14.5. The molecule has 0 spiro atoms. The van der Waals surface area contributed by atoms with Crippen LogP contribution in [0.2, 0.25) is 0 Å². The second-order valence-corrected chi connectivity index (χ2v) is 6.35. The number of rotatable bonds is 5. The Labute approximate surface area is 153 Å². The van der Waals surface area contributed by atoms with E-state index in [4.69, 9.17) is 10.7 Å². The van der Waals surface area contributed by atoms with Gasteiger partial charge in [0.2, 0.25) is 0 Å². The van der Waals surface area contributed by atoms with Crippen LogP contribution in [-0.4, -0.2) is 9.55 Å². The Morgan fingerprint density at radius 1 is 0.769 bits per heavy atom. The fourth-order valence-corrected chi connectivity index (χ4v) is 3.14. The van der Waals surface area contributed by atoms with Gasteiger partial charge in [-0.05, 0) is 11.1 Å². The maximum atomic E-state index is 6.58. The molecule has 0 aliphatic rings. The molecule has 4 aromatic rings. The molecule has 2 N–H and O–H groups in total. The van der Waals surface area contributed by atoms with Gasteiger partial charge in [-0.15, -0.1) is 0 Å². The van der Waals surface area contributed by atoms with Crippen LogP contribution in [0.4, 0.5) is 0 Å². The highest BCUT2D eigenvalue weighted by molar-refractivity contribution is 5.58. The molecule has 26 heavy (non-hydrogen) atoms. The Morgan fingerprint density at radius 3 is 2.00 bits per heavy atom. The Balaban J connectivity index is 1.76. The van der Waals surface area contributed by atoms with Gasteiger partial charge in [0.05, 0.1) is 11.7 Å². The lowest BCUT2D eigenvalue weighted by Crippen LogP contribution is -2.18. The minimum absolute atomic E-state index is 0.266. The quantitative estimate of drug-likeness (QED) is 0.575. The van der Waals surface area contributed by atoms with Crippen molar-refractivity contribution in [3.05, 3.63) is 114 Å². The average molecular weight is 339 g/mol. The lowest BCUT2D eigenvalue weighted by atomic mass is 10.1. The van der Waals surface area contributed by atoms with Crippen molar-refractivity contribution in [1.29, 1.82) is 0 Å². The number of benzene rings is 3. The second-order valence-electron chi connectivity index (χ2n) is 6.35. The number of hydrogen-bond acceptors (Lipinski definition) is 2. The lowest BCUT2D eigenvalue weighted by molar-refractivity contribution is 0.674. The van der Waals surface area contributed by atoms with E-state index in [0.29, 0.717) is 0 Å². The molecule has 0 radical (unpaired) electrons. The molecule has 0 aliphatic heterocycles. The summed E-state index contributed by atoms with van der Waals surface area (Å²) in [4.78, 5) is 4.89. The van der Waals surface area contributed by atoms with Gasteiger partial charge in [-0.1, -0.05) is 91.0 Å². The lowest BCUT2D eigenvalue weighted by Gasteiger charge is -2.14. The Bertz CT molecular complexity index is 960. The molecule has 0 saturated carbocycles. The highest BCUT2D eigenvalue weighted by Crippen LogP contribution is 2.25. The summed E-state index contributed by atoms with van der Waals surface area (Å²) in [7, 11) is 0. The Kier molecular flexibility index (Phi) is 4.63. The van der Waals surface area contributed by atoms with Crippen molar-refractivity contribution in [2.75, 3.05) is 0 Å². The SMILES string of the molecule is NC(c1ccccc1)c1nc(-c2ccccc2)cn1Cc1ccccc1. The van der Waals surface area contributed by atoms with E-state index in [2.05, 4.69) is 47.2 Å². The molecule has 0 fully saturated rings. The van der Waals surface area contributed by atoms with Gasteiger partial charge in [-0.3, -0.25) is 0 Å². The predicted molar refractivity (Wildman–Crippen MR) is 106 cm³/mol. The zero-order valence-electron chi connectivity index (χ0n) is 14.5. The van der Waals surface area contributed by atoms with E-state index in [1.807, 2.05) is 54.6 Å². The number of nitrogens with zero attached hydrogens (tertiary/aromatic N) is 2. The van der Waals surface area contributed by atoms with Crippen LogP contribution in [-0.2, 0) is 6.54 Å². The highest BCUT2D eigenvalue weighted by atomic mass is 15.1. The molecule has 0 aliphatic carbocycles. The van der Waals surface area contributed by atoms with E-state index in [-0.39, 0.29) is 6.04 Å². The summed E-state index contributed by atoms with van der Waals surface area (Å²) in [6.07, 6.45) is 2.10. The molecule has 3 nitrogen and oxygen atoms in total. The molecule has 128 valence electrons. The third-order valence-corrected chi connectivity index (χ3v) is 4.51. The van der Waals surface area contributed by atoms with Gasteiger partial charge in [-0.2, -0.15) is 0 Å². The van der Waals surface area contributed by atoms with Crippen molar-refractivity contribution in [2.45, 2.75) is 12.6 Å². The van der Waals surface area contributed by atoms with E-state index in [1.165, 1.54) is 5.56 Å². The molecule has 1 heterocycles. The van der Waals surface area contributed by atoms with E-state index >= 15 is 0 Å². The first-order chi connectivity index (χ1) is 12.8. The van der Waals surface area contributed by atoms with Crippen molar-refractivity contribution in [1.82, 2.24) is 9.55 Å². The first-order valence-electron chi connectivity index (χ1n) is 8.78. The first-order valence-corrected chi connectivity index (χ1v) is 8.78. The van der Waals surface area contributed by atoms with Gasteiger partial charge in [0.1, 0.15) is 5.82 Å². The van der Waals surface area contributed by atoms with Crippen LogP contribution >= 0.6 is 0 Å². The van der Waals surface area contributed by atoms with E-state index in [9.17, 15) is 0 Å². The van der Waals surface area contributed by atoms with E-state index in [0.717, 1.165) is 29.2 Å². The molecule has 1 unspecified atom stereocenters. The summed E-state index contributed by atoms with van der Waals surface area (Å²) in [6, 6.07) is 30.5. The number of aromatic nitrogens is 2. The fourth-order valence-electron chi connectivity index (χ4n) is 3.14. The number of imidazole rings is 1. The predicted octanol–water partition coefficient (Wildman–Crippen LogP) is 4.65. The molecule has 3 aromatic carbocycles. The molecule has 0 amide bonds. The van der Waals surface area contributed by atoms with Crippen LogP contribution in [0, 0.1) is 0 Å². The van der Waals surface area contributed by atoms with E-state index in [1.54, 1.807) is 0 Å². The Morgan fingerprint density at radius 2 is 1.35 bits per heavy atom. The van der Waals surface area contributed by atoms with Crippen LogP contribution in [0.25, 0.3) is 11.3 Å². The summed E-state index contributed by atoms with van der Waals surface area (Å²) >= 11 is 0. The normalized spacial score (nSPS) is 12.0. The van der Waals surface area contributed by atoms with Crippen molar-refractivity contribution in [2.24, 2.45) is 5.73 Å². The summed E-state index contributed by atoms with van der Waals surface area (Å²) in [5, 5.41) is 0. The molecular weight excluding hydrogens is 318 g/mol. The van der Waals surface area contributed by atoms with Crippen LogP contribution < -0.4 is 5.73 Å². The maximum absolute atomic E-state index is 6.58. The topological polar surface area (TPSA) is 43.8 Å². The number of nitrogens with two attached hydrogens (primary N) is 1. The van der Waals surface area contributed by atoms with Crippen LogP contribution in [0.15, 0.2) is 97.2 Å². The molecule has 0 saturated heterocycles. The largest absolute Gasteiger partial charge is 0.328 e. The minimum Gasteiger partial charge on any atom is -0.328 e. The van der Waals surface area contributed by atoms with Crippen LogP contribution in [0.5, 0.6) is 0 Å². The van der Waals surface area contributed by atoms with Gasteiger partial charge in [0.25, 0.3) is 0 Å². The maximum Gasteiger partial charge on any atom is 0.131 e. The third kappa shape index (κ3) is 3.44. The van der Waals surface area contributed by atoms with Gasteiger partial charge >= 0.3 is 0 Å². The fraction of sp³-hybridized carbons (Fsp3) is 0.0870. The average Bonchev–Trinajstić information content (AvgIpc) is 3.13. The molecule has 0 bridgehead atoms. The number of hydrogen-bond donors (Lipinski definition) is 1. The summed E-state index contributed by atoms with van der Waals surface area (Å²) < 4.78 is 2.16. The summed E-state index contributed by atoms with van der Waals surface area (Å²) in [6.45, 7) is 0.747. The third-order valence-electron chi connectivity index (χ3n) is 4.51. The minimum atomic E-state index is -0.266.